The summed E-state index contributed by atoms with van der Waals surface area (Å²) < 4.78 is 38.2. The molecule has 9 nitrogen and oxygen atoms in total. The van der Waals surface area contributed by atoms with Gasteiger partial charge in [-0.1, -0.05) is 35.5 Å². The molecule has 1 aliphatic rings. The van der Waals surface area contributed by atoms with Crippen molar-refractivity contribution in [2.45, 2.75) is 30.2 Å². The standard InChI is InChI=1S/C23H26N4O5S/c1-31-16-21(28)27-13-5-8-19(15-27)23-25-22(26-32-23)18-9-11-20(12-10-18)33(29,30)24-14-17-6-3-2-4-7-17/h2-4,6-7,9-12,19,24H,5,8,13-16H2,1H3/t19-/m1/s1. The van der Waals surface area contributed by atoms with Crippen molar-refractivity contribution >= 4 is 15.9 Å². The maximum atomic E-state index is 12.6. The third-order valence-electron chi connectivity index (χ3n) is 5.56. The number of piperidine rings is 1. The highest BCUT2D eigenvalue weighted by Crippen LogP contribution is 2.28. The Labute approximate surface area is 192 Å². The molecule has 1 aromatic heterocycles. The van der Waals surface area contributed by atoms with Crippen molar-refractivity contribution in [3.05, 3.63) is 66.1 Å². The number of carbonyl (C=O) groups excluding carboxylic acids is 1. The van der Waals surface area contributed by atoms with Crippen LogP contribution in [0, 0.1) is 0 Å². The minimum absolute atomic E-state index is 0.0392. The summed E-state index contributed by atoms with van der Waals surface area (Å²) in [5.74, 6) is 0.759. The lowest BCUT2D eigenvalue weighted by Crippen LogP contribution is -2.40. The Morgan fingerprint density at radius 3 is 2.67 bits per heavy atom. The van der Waals surface area contributed by atoms with Crippen LogP contribution in [0.15, 0.2) is 64.0 Å². The summed E-state index contributed by atoms with van der Waals surface area (Å²) in [5.41, 5.74) is 1.53. The van der Waals surface area contributed by atoms with Gasteiger partial charge in [0, 0.05) is 32.3 Å². The van der Waals surface area contributed by atoms with Gasteiger partial charge in [0.25, 0.3) is 0 Å². The minimum atomic E-state index is -3.65. The summed E-state index contributed by atoms with van der Waals surface area (Å²) in [4.78, 5) is 18.5. The molecule has 3 aromatic rings. The average molecular weight is 471 g/mol. The van der Waals surface area contributed by atoms with Gasteiger partial charge in [-0.15, -0.1) is 0 Å². The van der Waals surface area contributed by atoms with Crippen molar-refractivity contribution in [2.24, 2.45) is 0 Å². The number of likely N-dealkylation sites (tertiary alicyclic amines) is 1. The second-order valence-electron chi connectivity index (χ2n) is 7.90. The highest BCUT2D eigenvalue weighted by atomic mass is 32.2. The molecule has 1 atom stereocenters. The lowest BCUT2D eigenvalue weighted by atomic mass is 9.98. The van der Waals surface area contributed by atoms with Gasteiger partial charge in [-0.05, 0) is 42.7 Å². The van der Waals surface area contributed by atoms with E-state index in [1.165, 1.54) is 19.2 Å². The second-order valence-corrected chi connectivity index (χ2v) is 9.67. The van der Waals surface area contributed by atoms with E-state index in [9.17, 15) is 13.2 Å². The lowest BCUT2D eigenvalue weighted by molar-refractivity contribution is -0.136. The lowest BCUT2D eigenvalue weighted by Gasteiger charge is -2.30. The number of hydrogen-bond donors (Lipinski definition) is 1. The molecule has 4 rings (SSSR count). The fourth-order valence-electron chi connectivity index (χ4n) is 3.78. The van der Waals surface area contributed by atoms with Crippen molar-refractivity contribution in [3.63, 3.8) is 0 Å². The molecule has 0 saturated carbocycles. The molecule has 0 radical (unpaired) electrons. The highest BCUT2D eigenvalue weighted by molar-refractivity contribution is 7.89. The van der Waals surface area contributed by atoms with Crippen molar-refractivity contribution in [1.82, 2.24) is 19.8 Å². The van der Waals surface area contributed by atoms with Gasteiger partial charge in [-0.25, -0.2) is 13.1 Å². The fraction of sp³-hybridized carbons (Fsp3) is 0.348. The van der Waals surface area contributed by atoms with E-state index in [4.69, 9.17) is 9.26 Å². The molecule has 1 N–H and O–H groups in total. The van der Waals surface area contributed by atoms with Crippen LogP contribution in [0.2, 0.25) is 0 Å². The van der Waals surface area contributed by atoms with E-state index < -0.39 is 10.0 Å². The van der Waals surface area contributed by atoms with E-state index in [2.05, 4.69) is 14.9 Å². The molecule has 0 unspecified atom stereocenters. The second kappa shape index (κ2) is 10.2. The predicted octanol–water partition coefficient (Wildman–Crippen LogP) is 2.57. The summed E-state index contributed by atoms with van der Waals surface area (Å²) in [6, 6.07) is 15.7. The van der Waals surface area contributed by atoms with Crippen LogP contribution in [-0.4, -0.2) is 56.2 Å². The first kappa shape index (κ1) is 23.1. The number of sulfonamides is 1. The molecule has 0 aliphatic carbocycles. The molecule has 2 heterocycles. The first-order valence-corrected chi connectivity index (χ1v) is 12.2. The number of nitrogens with one attached hydrogen (secondary N) is 1. The Morgan fingerprint density at radius 2 is 1.94 bits per heavy atom. The topological polar surface area (TPSA) is 115 Å². The highest BCUT2D eigenvalue weighted by Gasteiger charge is 2.28. The number of methoxy groups -OCH3 is 1. The fourth-order valence-corrected chi connectivity index (χ4v) is 4.80. The molecule has 1 saturated heterocycles. The van der Waals surface area contributed by atoms with Crippen molar-refractivity contribution in [1.29, 1.82) is 0 Å². The summed E-state index contributed by atoms with van der Waals surface area (Å²) in [7, 11) is -2.15. The number of hydrogen-bond acceptors (Lipinski definition) is 7. The first-order chi connectivity index (χ1) is 16.0. The maximum absolute atomic E-state index is 12.6. The van der Waals surface area contributed by atoms with Crippen LogP contribution < -0.4 is 4.72 Å². The van der Waals surface area contributed by atoms with Gasteiger partial charge in [0.05, 0.1) is 10.8 Å². The van der Waals surface area contributed by atoms with E-state index in [-0.39, 0.29) is 29.9 Å². The Kier molecular flexibility index (Phi) is 7.17. The predicted molar refractivity (Wildman–Crippen MR) is 121 cm³/mol. The summed E-state index contributed by atoms with van der Waals surface area (Å²) in [6.45, 7) is 1.46. The van der Waals surface area contributed by atoms with E-state index >= 15 is 0 Å². The number of benzene rings is 2. The van der Waals surface area contributed by atoms with Crippen LogP contribution in [0.1, 0.15) is 30.2 Å². The molecule has 0 spiro atoms. The first-order valence-electron chi connectivity index (χ1n) is 10.7. The zero-order valence-corrected chi connectivity index (χ0v) is 19.1. The molecule has 33 heavy (non-hydrogen) atoms. The van der Waals surface area contributed by atoms with Crippen LogP contribution in [-0.2, 0) is 26.1 Å². The maximum Gasteiger partial charge on any atom is 0.248 e. The third-order valence-corrected chi connectivity index (χ3v) is 6.98. The summed E-state index contributed by atoms with van der Waals surface area (Å²) >= 11 is 0. The van der Waals surface area contributed by atoms with Gasteiger partial charge >= 0.3 is 0 Å². The normalized spacial score (nSPS) is 16.6. The van der Waals surface area contributed by atoms with Crippen LogP contribution in [0.5, 0.6) is 0 Å². The molecular weight excluding hydrogens is 444 g/mol. The molecule has 1 amide bonds. The monoisotopic (exact) mass is 470 g/mol. The number of rotatable bonds is 8. The van der Waals surface area contributed by atoms with E-state index in [0.29, 0.717) is 30.4 Å². The van der Waals surface area contributed by atoms with Gasteiger partial charge in [0.2, 0.25) is 27.6 Å². The van der Waals surface area contributed by atoms with E-state index in [1.54, 1.807) is 17.0 Å². The van der Waals surface area contributed by atoms with E-state index in [1.807, 2.05) is 30.3 Å². The smallest absolute Gasteiger partial charge is 0.248 e. The quantitative estimate of drug-likeness (QED) is 0.538. The molecule has 2 aromatic carbocycles. The van der Waals surface area contributed by atoms with Crippen molar-refractivity contribution in [3.8, 4) is 11.4 Å². The molecule has 1 aliphatic heterocycles. The third kappa shape index (κ3) is 5.65. The van der Waals surface area contributed by atoms with Crippen molar-refractivity contribution < 1.29 is 22.5 Å². The number of nitrogens with zero attached hydrogens (tertiary/aromatic N) is 3. The van der Waals surface area contributed by atoms with Crippen LogP contribution >= 0.6 is 0 Å². The molecule has 0 bridgehead atoms. The van der Waals surface area contributed by atoms with Gasteiger partial charge in [0.15, 0.2) is 0 Å². The summed E-state index contributed by atoms with van der Waals surface area (Å²) in [5, 5.41) is 4.06. The molecule has 10 heteroatoms. The number of amides is 1. The Morgan fingerprint density at radius 1 is 1.18 bits per heavy atom. The van der Waals surface area contributed by atoms with Crippen LogP contribution in [0.25, 0.3) is 11.4 Å². The van der Waals surface area contributed by atoms with Gasteiger partial charge in [-0.3, -0.25) is 4.79 Å². The largest absolute Gasteiger partial charge is 0.375 e. The van der Waals surface area contributed by atoms with Gasteiger partial charge in [0.1, 0.15) is 6.61 Å². The number of carbonyl (C=O) groups is 1. The van der Waals surface area contributed by atoms with E-state index in [0.717, 1.165) is 18.4 Å². The minimum Gasteiger partial charge on any atom is -0.375 e. The zero-order chi connectivity index (χ0) is 23.3. The summed E-state index contributed by atoms with van der Waals surface area (Å²) in [6.07, 6.45) is 1.70. The Balaban J connectivity index is 1.42. The zero-order valence-electron chi connectivity index (χ0n) is 18.3. The number of aromatic nitrogens is 2. The van der Waals surface area contributed by atoms with Crippen LogP contribution in [0.3, 0.4) is 0 Å². The molecule has 174 valence electrons. The Hall–Kier alpha value is -3.08. The Bertz CT molecular complexity index is 1180. The van der Waals surface area contributed by atoms with Crippen molar-refractivity contribution in [2.75, 3.05) is 26.8 Å². The number of ether oxygens (including phenoxy) is 1. The average Bonchev–Trinajstić information content (AvgIpc) is 3.34. The SMILES string of the molecule is COCC(=O)N1CCC[C@@H](c2nc(-c3ccc(S(=O)(=O)NCc4ccccc4)cc3)no2)C1. The molecule has 1 fully saturated rings. The molecular formula is C23H26N4O5S. The van der Waals surface area contributed by atoms with Crippen LogP contribution in [0.4, 0.5) is 0 Å². The van der Waals surface area contributed by atoms with Gasteiger partial charge < -0.3 is 14.2 Å². The van der Waals surface area contributed by atoms with Gasteiger partial charge in [-0.2, -0.15) is 4.98 Å².